The van der Waals surface area contributed by atoms with Crippen LogP contribution in [-0.4, -0.2) is 36.1 Å². The molecule has 2 aliphatic heterocycles. The molecule has 0 bridgehead atoms. The number of nitrogens with one attached hydrogen (secondary N) is 1. The van der Waals surface area contributed by atoms with Gasteiger partial charge < -0.3 is 5.32 Å². The second-order valence-corrected chi connectivity index (χ2v) is 5.64. The highest BCUT2D eigenvalue weighted by atomic mass is 32.1. The zero-order chi connectivity index (χ0) is 10.1. The summed E-state index contributed by atoms with van der Waals surface area (Å²) in [6.07, 6.45) is 3.38. The van der Waals surface area contributed by atoms with Crippen molar-refractivity contribution in [3.05, 3.63) is 16.6 Å². The van der Waals surface area contributed by atoms with Gasteiger partial charge in [-0.15, -0.1) is 11.3 Å². The summed E-state index contributed by atoms with van der Waals surface area (Å²) in [5.41, 5.74) is 1.93. The lowest BCUT2D eigenvalue weighted by molar-refractivity contribution is 0.143. The topological polar surface area (TPSA) is 28.2 Å². The van der Waals surface area contributed by atoms with Crippen molar-refractivity contribution in [3.8, 4) is 0 Å². The zero-order valence-corrected chi connectivity index (χ0v) is 9.67. The van der Waals surface area contributed by atoms with Crippen LogP contribution < -0.4 is 5.32 Å². The van der Waals surface area contributed by atoms with Crippen LogP contribution in [0.1, 0.15) is 11.3 Å². The molecule has 0 aliphatic carbocycles. The predicted octanol–water partition coefficient (Wildman–Crippen LogP) is 1.18. The fourth-order valence-electron chi connectivity index (χ4n) is 2.79. The van der Waals surface area contributed by atoms with Gasteiger partial charge >= 0.3 is 0 Å². The Labute approximate surface area is 94.5 Å². The van der Waals surface area contributed by atoms with Crippen LogP contribution in [0.25, 0.3) is 0 Å². The number of hydrogen-bond acceptors (Lipinski definition) is 4. The Morgan fingerprint density at radius 2 is 2.40 bits per heavy atom. The maximum atomic E-state index is 4.13. The smallest absolute Gasteiger partial charge is 0.0794 e. The molecule has 4 heteroatoms. The first-order valence-electron chi connectivity index (χ1n) is 5.72. The fourth-order valence-corrected chi connectivity index (χ4v) is 3.43. The van der Waals surface area contributed by atoms with Gasteiger partial charge in [-0.25, -0.2) is 0 Å². The second kappa shape index (κ2) is 4.20. The first-order valence-corrected chi connectivity index (χ1v) is 6.60. The van der Waals surface area contributed by atoms with Gasteiger partial charge in [0.2, 0.25) is 0 Å². The molecule has 1 aromatic heterocycles. The lowest BCUT2D eigenvalue weighted by atomic mass is 9.89. The van der Waals surface area contributed by atoms with Crippen molar-refractivity contribution in [2.75, 3.05) is 26.2 Å². The van der Waals surface area contributed by atoms with Crippen molar-refractivity contribution in [2.45, 2.75) is 13.0 Å². The number of aromatic nitrogens is 1. The summed E-state index contributed by atoms with van der Waals surface area (Å²) in [6.45, 7) is 6.12. The minimum absolute atomic E-state index is 0.895. The van der Waals surface area contributed by atoms with Crippen LogP contribution in [0.3, 0.4) is 0 Å². The summed E-state index contributed by atoms with van der Waals surface area (Å²) in [5.74, 6) is 1.84. The first kappa shape index (κ1) is 9.75. The summed E-state index contributed by atoms with van der Waals surface area (Å²) >= 11 is 1.77. The average molecular weight is 223 g/mol. The molecule has 2 fully saturated rings. The molecule has 15 heavy (non-hydrogen) atoms. The number of fused-ring (bicyclic) bond motifs is 1. The number of rotatable bonds is 2. The van der Waals surface area contributed by atoms with Crippen LogP contribution in [0.5, 0.6) is 0 Å². The molecule has 0 saturated carbocycles. The third-order valence-corrected chi connectivity index (χ3v) is 4.42. The van der Waals surface area contributed by atoms with Crippen LogP contribution in [0.2, 0.25) is 0 Å². The van der Waals surface area contributed by atoms with Crippen molar-refractivity contribution >= 4 is 11.3 Å². The third kappa shape index (κ3) is 2.07. The quantitative estimate of drug-likeness (QED) is 0.816. The van der Waals surface area contributed by atoms with E-state index in [1.807, 2.05) is 11.7 Å². The van der Waals surface area contributed by atoms with E-state index in [2.05, 4.69) is 15.2 Å². The Morgan fingerprint density at radius 3 is 3.27 bits per heavy atom. The predicted molar refractivity (Wildman–Crippen MR) is 61.9 cm³/mol. The van der Waals surface area contributed by atoms with Gasteiger partial charge in [-0.2, -0.15) is 0 Å². The van der Waals surface area contributed by atoms with E-state index in [4.69, 9.17) is 0 Å². The van der Waals surface area contributed by atoms with Gasteiger partial charge in [0.05, 0.1) is 5.51 Å². The van der Waals surface area contributed by atoms with Crippen LogP contribution >= 0.6 is 11.3 Å². The Bertz CT molecular complexity index is 312. The summed E-state index contributed by atoms with van der Waals surface area (Å²) < 4.78 is 0. The molecule has 3 heterocycles. The number of nitrogens with zero attached hydrogens (tertiary/aromatic N) is 2. The molecule has 1 aromatic rings. The van der Waals surface area contributed by atoms with E-state index in [1.165, 1.54) is 37.5 Å². The summed E-state index contributed by atoms with van der Waals surface area (Å²) in [4.78, 5) is 8.12. The van der Waals surface area contributed by atoms with Crippen LogP contribution in [0.15, 0.2) is 11.7 Å². The Kier molecular flexibility index (Phi) is 2.73. The Morgan fingerprint density at radius 1 is 1.47 bits per heavy atom. The van der Waals surface area contributed by atoms with Gasteiger partial charge in [-0.05, 0) is 37.9 Å². The average Bonchev–Trinajstić information content (AvgIpc) is 2.87. The number of hydrogen-bond donors (Lipinski definition) is 1. The van der Waals surface area contributed by atoms with E-state index in [9.17, 15) is 0 Å². The van der Waals surface area contributed by atoms with Gasteiger partial charge in [0.15, 0.2) is 0 Å². The lowest BCUT2D eigenvalue weighted by Crippen LogP contribution is -2.39. The molecule has 3 nitrogen and oxygen atoms in total. The van der Waals surface area contributed by atoms with Crippen LogP contribution in [-0.2, 0) is 6.54 Å². The van der Waals surface area contributed by atoms with E-state index in [1.54, 1.807) is 11.3 Å². The number of thiazole rings is 1. The SMILES string of the molecule is c1ncc(CN2CCC3CNCC3C2)s1. The van der Waals surface area contributed by atoms with E-state index < -0.39 is 0 Å². The molecule has 2 atom stereocenters. The molecule has 2 saturated heterocycles. The van der Waals surface area contributed by atoms with Gasteiger partial charge in [0, 0.05) is 24.2 Å². The summed E-state index contributed by atoms with van der Waals surface area (Å²) in [7, 11) is 0. The molecular weight excluding hydrogens is 206 g/mol. The molecule has 0 aromatic carbocycles. The molecule has 2 unspecified atom stereocenters. The molecule has 2 aliphatic rings. The molecular formula is C11H17N3S. The van der Waals surface area contributed by atoms with Crippen molar-refractivity contribution in [3.63, 3.8) is 0 Å². The van der Waals surface area contributed by atoms with Gasteiger partial charge in [0.25, 0.3) is 0 Å². The highest BCUT2D eigenvalue weighted by Gasteiger charge is 2.32. The summed E-state index contributed by atoms with van der Waals surface area (Å²) in [5, 5.41) is 3.51. The lowest BCUT2D eigenvalue weighted by Gasteiger charge is -2.34. The maximum Gasteiger partial charge on any atom is 0.0794 e. The van der Waals surface area contributed by atoms with Crippen LogP contribution in [0.4, 0.5) is 0 Å². The highest BCUT2D eigenvalue weighted by molar-refractivity contribution is 7.09. The molecule has 0 amide bonds. The Balaban J connectivity index is 1.59. The minimum atomic E-state index is 0.895. The Hall–Kier alpha value is -0.450. The van der Waals surface area contributed by atoms with E-state index in [0.29, 0.717) is 0 Å². The van der Waals surface area contributed by atoms with Crippen molar-refractivity contribution < 1.29 is 0 Å². The van der Waals surface area contributed by atoms with Gasteiger partial charge in [0.1, 0.15) is 0 Å². The fraction of sp³-hybridized carbons (Fsp3) is 0.727. The highest BCUT2D eigenvalue weighted by Crippen LogP contribution is 2.27. The second-order valence-electron chi connectivity index (χ2n) is 4.67. The number of likely N-dealkylation sites (tertiary alicyclic amines) is 1. The van der Waals surface area contributed by atoms with E-state index >= 15 is 0 Å². The molecule has 3 rings (SSSR count). The molecule has 1 N–H and O–H groups in total. The zero-order valence-electron chi connectivity index (χ0n) is 8.85. The third-order valence-electron chi connectivity index (χ3n) is 3.65. The van der Waals surface area contributed by atoms with E-state index in [-0.39, 0.29) is 0 Å². The van der Waals surface area contributed by atoms with E-state index in [0.717, 1.165) is 18.4 Å². The first-order chi connectivity index (χ1) is 7.42. The maximum absolute atomic E-state index is 4.13. The standard InChI is InChI=1S/C11H17N3S/c1-2-14(7-11-5-13-8-15-11)6-10-4-12-3-9(1)10/h5,8-10,12H,1-4,6-7H2. The number of piperidine rings is 1. The van der Waals surface area contributed by atoms with Gasteiger partial charge in [-0.1, -0.05) is 0 Å². The largest absolute Gasteiger partial charge is 0.316 e. The van der Waals surface area contributed by atoms with Crippen molar-refractivity contribution in [2.24, 2.45) is 11.8 Å². The van der Waals surface area contributed by atoms with Crippen molar-refractivity contribution in [1.29, 1.82) is 0 Å². The minimum Gasteiger partial charge on any atom is -0.316 e. The monoisotopic (exact) mass is 223 g/mol. The molecule has 0 radical (unpaired) electrons. The normalized spacial score (nSPS) is 31.7. The van der Waals surface area contributed by atoms with Gasteiger partial charge in [-0.3, -0.25) is 9.88 Å². The molecule has 82 valence electrons. The molecule has 0 spiro atoms. The summed E-state index contributed by atoms with van der Waals surface area (Å²) in [6, 6.07) is 0. The van der Waals surface area contributed by atoms with Crippen molar-refractivity contribution in [1.82, 2.24) is 15.2 Å². The van der Waals surface area contributed by atoms with Crippen LogP contribution in [0, 0.1) is 11.8 Å².